The van der Waals surface area contributed by atoms with Crippen LogP contribution in [-0.2, 0) is 17.8 Å². The molecule has 1 heterocycles. The lowest BCUT2D eigenvalue weighted by Gasteiger charge is -2.19. The molecule has 0 aliphatic carbocycles. The highest BCUT2D eigenvalue weighted by atomic mass is 16.5. The lowest BCUT2D eigenvalue weighted by atomic mass is 10.1. The summed E-state index contributed by atoms with van der Waals surface area (Å²) in [6.07, 6.45) is 4.27. The van der Waals surface area contributed by atoms with Gasteiger partial charge in [-0.05, 0) is 27.2 Å². The van der Waals surface area contributed by atoms with Crippen LogP contribution in [0.15, 0.2) is 6.20 Å². The predicted molar refractivity (Wildman–Crippen MR) is 72.3 cm³/mol. The highest BCUT2D eigenvalue weighted by molar-refractivity contribution is 4.92. The molecule has 0 bridgehead atoms. The van der Waals surface area contributed by atoms with Gasteiger partial charge in [-0.25, -0.2) is 4.68 Å². The molecule has 0 amide bonds. The SMILES string of the molecule is CCCCOCCn1cc(CNC(C)(C)C)nn1. The Bertz CT molecular complexity index is 330. The molecule has 5 heteroatoms. The largest absolute Gasteiger partial charge is 0.380 e. The number of ether oxygens (including phenoxy) is 1. The second kappa shape index (κ2) is 7.48. The van der Waals surface area contributed by atoms with Crippen LogP contribution >= 0.6 is 0 Å². The average molecular weight is 254 g/mol. The third-order valence-electron chi connectivity index (χ3n) is 2.49. The van der Waals surface area contributed by atoms with Crippen molar-refractivity contribution in [3.8, 4) is 0 Å². The van der Waals surface area contributed by atoms with Crippen LogP contribution in [0.3, 0.4) is 0 Å². The molecule has 0 aromatic carbocycles. The van der Waals surface area contributed by atoms with Gasteiger partial charge in [-0.3, -0.25) is 0 Å². The van der Waals surface area contributed by atoms with Crippen LogP contribution in [0.2, 0.25) is 0 Å². The van der Waals surface area contributed by atoms with E-state index in [2.05, 4.69) is 43.3 Å². The summed E-state index contributed by atoms with van der Waals surface area (Å²) in [5.41, 5.74) is 1.08. The third-order valence-corrected chi connectivity index (χ3v) is 2.49. The highest BCUT2D eigenvalue weighted by Gasteiger charge is 2.09. The number of unbranched alkanes of at least 4 members (excludes halogenated alkanes) is 1. The van der Waals surface area contributed by atoms with Crippen molar-refractivity contribution in [1.82, 2.24) is 20.3 Å². The van der Waals surface area contributed by atoms with Gasteiger partial charge in [-0.1, -0.05) is 18.6 Å². The first-order chi connectivity index (χ1) is 8.51. The standard InChI is InChI=1S/C13H26N4O/c1-5-6-8-18-9-7-17-11-12(15-16-17)10-14-13(2,3)4/h11,14H,5-10H2,1-4H3. The lowest BCUT2D eigenvalue weighted by molar-refractivity contribution is 0.120. The summed E-state index contributed by atoms with van der Waals surface area (Å²) in [7, 11) is 0. The van der Waals surface area contributed by atoms with Gasteiger partial charge in [0.1, 0.15) is 0 Å². The number of hydrogen-bond donors (Lipinski definition) is 1. The third kappa shape index (κ3) is 6.71. The van der Waals surface area contributed by atoms with Gasteiger partial charge in [0.15, 0.2) is 0 Å². The summed E-state index contributed by atoms with van der Waals surface area (Å²) in [4.78, 5) is 0. The Kier molecular flexibility index (Phi) is 6.29. The zero-order valence-corrected chi connectivity index (χ0v) is 12.1. The van der Waals surface area contributed by atoms with Crippen LogP contribution in [0, 0.1) is 0 Å². The summed E-state index contributed by atoms with van der Waals surface area (Å²) < 4.78 is 7.34. The number of rotatable bonds is 8. The molecule has 1 aromatic rings. The Balaban J connectivity index is 2.22. The topological polar surface area (TPSA) is 52.0 Å². The highest BCUT2D eigenvalue weighted by Crippen LogP contribution is 2.01. The molecule has 0 saturated heterocycles. The summed E-state index contributed by atoms with van der Waals surface area (Å²) in [5.74, 6) is 0. The van der Waals surface area contributed by atoms with Gasteiger partial charge in [-0.15, -0.1) is 5.10 Å². The van der Waals surface area contributed by atoms with Crippen molar-refractivity contribution >= 4 is 0 Å². The Morgan fingerprint density at radius 1 is 1.33 bits per heavy atom. The monoisotopic (exact) mass is 254 g/mol. The average Bonchev–Trinajstić information content (AvgIpc) is 2.73. The van der Waals surface area contributed by atoms with E-state index >= 15 is 0 Å². The summed E-state index contributed by atoms with van der Waals surface area (Å²) >= 11 is 0. The molecule has 0 saturated carbocycles. The Labute approximate surface area is 110 Å². The van der Waals surface area contributed by atoms with Crippen molar-refractivity contribution in [2.24, 2.45) is 0 Å². The first kappa shape index (κ1) is 15.1. The van der Waals surface area contributed by atoms with E-state index in [4.69, 9.17) is 4.74 Å². The molecular weight excluding hydrogens is 228 g/mol. The fourth-order valence-corrected chi connectivity index (χ4v) is 1.39. The van der Waals surface area contributed by atoms with Crippen molar-refractivity contribution in [3.05, 3.63) is 11.9 Å². The minimum Gasteiger partial charge on any atom is -0.380 e. The van der Waals surface area contributed by atoms with Crippen LogP contribution in [0.4, 0.5) is 0 Å². The molecule has 0 fully saturated rings. The van der Waals surface area contributed by atoms with Crippen LogP contribution in [0.1, 0.15) is 46.2 Å². The van der Waals surface area contributed by atoms with Crippen LogP contribution in [-0.4, -0.2) is 33.7 Å². The number of nitrogens with one attached hydrogen (secondary N) is 1. The van der Waals surface area contributed by atoms with Gasteiger partial charge in [0.05, 0.1) is 18.8 Å². The molecule has 0 radical (unpaired) electrons. The number of aromatic nitrogens is 3. The molecule has 0 aliphatic rings. The zero-order valence-electron chi connectivity index (χ0n) is 12.1. The maximum absolute atomic E-state index is 5.50. The molecule has 0 aliphatic heterocycles. The maximum Gasteiger partial charge on any atom is 0.0965 e. The van der Waals surface area contributed by atoms with E-state index in [1.807, 2.05) is 10.9 Å². The zero-order chi connectivity index (χ0) is 13.4. The lowest BCUT2D eigenvalue weighted by Crippen LogP contribution is -2.35. The molecule has 0 spiro atoms. The molecule has 5 nitrogen and oxygen atoms in total. The van der Waals surface area contributed by atoms with Crippen molar-refractivity contribution in [2.45, 2.75) is 59.2 Å². The number of nitrogens with zero attached hydrogens (tertiary/aromatic N) is 3. The van der Waals surface area contributed by atoms with E-state index in [0.29, 0.717) is 6.61 Å². The van der Waals surface area contributed by atoms with E-state index in [9.17, 15) is 0 Å². The van der Waals surface area contributed by atoms with E-state index in [-0.39, 0.29) is 5.54 Å². The first-order valence-corrected chi connectivity index (χ1v) is 6.73. The van der Waals surface area contributed by atoms with Gasteiger partial charge in [0.2, 0.25) is 0 Å². The van der Waals surface area contributed by atoms with Crippen LogP contribution in [0.25, 0.3) is 0 Å². The van der Waals surface area contributed by atoms with Crippen molar-refractivity contribution in [1.29, 1.82) is 0 Å². The fraction of sp³-hybridized carbons (Fsp3) is 0.846. The molecule has 104 valence electrons. The van der Waals surface area contributed by atoms with Crippen molar-refractivity contribution in [2.75, 3.05) is 13.2 Å². The summed E-state index contributed by atoms with van der Waals surface area (Å²) in [6, 6.07) is 0. The van der Waals surface area contributed by atoms with Crippen LogP contribution in [0.5, 0.6) is 0 Å². The predicted octanol–water partition coefficient (Wildman–Crippen LogP) is 1.98. The normalized spacial score (nSPS) is 12.0. The molecule has 0 atom stereocenters. The summed E-state index contributed by atoms with van der Waals surface area (Å²) in [6.45, 7) is 11.6. The van der Waals surface area contributed by atoms with Gasteiger partial charge < -0.3 is 10.1 Å². The molecule has 1 rings (SSSR count). The van der Waals surface area contributed by atoms with E-state index in [1.165, 1.54) is 6.42 Å². The first-order valence-electron chi connectivity index (χ1n) is 6.73. The second-order valence-corrected chi connectivity index (χ2v) is 5.54. The van der Waals surface area contributed by atoms with Gasteiger partial charge in [-0.2, -0.15) is 0 Å². The fourth-order valence-electron chi connectivity index (χ4n) is 1.39. The van der Waals surface area contributed by atoms with Crippen LogP contribution < -0.4 is 5.32 Å². The van der Waals surface area contributed by atoms with E-state index in [0.717, 1.165) is 31.8 Å². The van der Waals surface area contributed by atoms with Gasteiger partial charge >= 0.3 is 0 Å². The van der Waals surface area contributed by atoms with E-state index < -0.39 is 0 Å². The Morgan fingerprint density at radius 3 is 2.78 bits per heavy atom. The molecule has 0 unspecified atom stereocenters. The molecular formula is C13H26N4O. The van der Waals surface area contributed by atoms with Crippen molar-refractivity contribution in [3.63, 3.8) is 0 Å². The number of hydrogen-bond acceptors (Lipinski definition) is 4. The smallest absolute Gasteiger partial charge is 0.0965 e. The molecule has 1 N–H and O–H groups in total. The molecule has 18 heavy (non-hydrogen) atoms. The maximum atomic E-state index is 5.50. The van der Waals surface area contributed by atoms with Crippen molar-refractivity contribution < 1.29 is 4.74 Å². The quantitative estimate of drug-likeness (QED) is 0.721. The van der Waals surface area contributed by atoms with Gasteiger partial charge in [0, 0.05) is 24.9 Å². The minimum atomic E-state index is 0.104. The molecule has 1 aromatic heterocycles. The summed E-state index contributed by atoms with van der Waals surface area (Å²) in [5, 5.41) is 11.6. The van der Waals surface area contributed by atoms with E-state index in [1.54, 1.807) is 0 Å². The van der Waals surface area contributed by atoms with Gasteiger partial charge in [0.25, 0.3) is 0 Å². The minimum absolute atomic E-state index is 0.104. The Hall–Kier alpha value is -0.940. The Morgan fingerprint density at radius 2 is 2.11 bits per heavy atom. The second-order valence-electron chi connectivity index (χ2n) is 5.54.